The topological polar surface area (TPSA) is 54.0 Å². The van der Waals surface area contributed by atoms with Crippen LogP contribution in [0.15, 0.2) is 48.6 Å². The minimum atomic E-state index is -0.171. The van der Waals surface area contributed by atoms with Gasteiger partial charge in [-0.25, -0.2) is 0 Å². The van der Waals surface area contributed by atoms with Gasteiger partial charge < -0.3 is 0 Å². The minimum absolute atomic E-state index is 0.171. The molecule has 0 aromatic carbocycles. The Bertz CT molecular complexity index is 508. The van der Waals surface area contributed by atoms with E-state index in [1.54, 1.807) is 18.5 Å². The molecule has 0 aliphatic rings. The molecule has 1 amide bonds. The molecular weight excluding hydrogens is 234 g/mol. The lowest BCUT2D eigenvalue weighted by Gasteiger charge is -2.09. The van der Waals surface area contributed by atoms with Gasteiger partial charge in [0.2, 0.25) is 0 Å². The van der Waals surface area contributed by atoms with Crippen molar-refractivity contribution in [3.05, 3.63) is 59.1 Å². The number of aromatic nitrogens is 1. The van der Waals surface area contributed by atoms with Gasteiger partial charge in [0.05, 0.1) is 10.6 Å². The van der Waals surface area contributed by atoms with Gasteiger partial charge in [0, 0.05) is 18.0 Å². The standard InChI is InChI=1S/C12H11N3OS/c1-9(10-4-6-13-7-5-10)14-15-12(16)11-3-2-8-17-11/h2-8,14H,1H2,(H,15,16). The number of amides is 1. The molecule has 0 saturated carbocycles. The van der Waals surface area contributed by atoms with Crippen molar-refractivity contribution in [3.8, 4) is 0 Å². The van der Waals surface area contributed by atoms with Gasteiger partial charge >= 0.3 is 0 Å². The molecule has 86 valence electrons. The highest BCUT2D eigenvalue weighted by Gasteiger charge is 2.05. The fraction of sp³-hybridized carbons (Fsp3) is 0. The van der Waals surface area contributed by atoms with Crippen LogP contribution in [0.3, 0.4) is 0 Å². The predicted octanol–water partition coefficient (Wildman–Crippen LogP) is 2.05. The smallest absolute Gasteiger partial charge is 0.279 e. The number of carbonyl (C=O) groups excluding carboxylic acids is 1. The SMILES string of the molecule is C=C(NNC(=O)c1cccs1)c1ccncc1. The van der Waals surface area contributed by atoms with Gasteiger partial charge in [-0.1, -0.05) is 12.6 Å². The van der Waals surface area contributed by atoms with Gasteiger partial charge in [-0.05, 0) is 23.6 Å². The maximum absolute atomic E-state index is 11.6. The van der Waals surface area contributed by atoms with Crippen molar-refractivity contribution < 1.29 is 4.79 Å². The van der Waals surface area contributed by atoms with E-state index in [4.69, 9.17) is 0 Å². The number of pyridine rings is 1. The van der Waals surface area contributed by atoms with E-state index in [-0.39, 0.29) is 5.91 Å². The van der Waals surface area contributed by atoms with Gasteiger partial charge in [0.25, 0.3) is 5.91 Å². The summed E-state index contributed by atoms with van der Waals surface area (Å²) < 4.78 is 0. The first-order valence-electron chi connectivity index (χ1n) is 4.96. The number of carbonyl (C=O) groups is 1. The van der Waals surface area contributed by atoms with Gasteiger partial charge in [-0.3, -0.25) is 20.6 Å². The number of hydrazine groups is 1. The zero-order chi connectivity index (χ0) is 12.1. The summed E-state index contributed by atoms with van der Waals surface area (Å²) in [5.41, 5.74) is 6.86. The Balaban J connectivity index is 1.91. The van der Waals surface area contributed by atoms with Gasteiger partial charge in [-0.15, -0.1) is 11.3 Å². The molecule has 17 heavy (non-hydrogen) atoms. The van der Waals surface area contributed by atoms with E-state index < -0.39 is 0 Å². The first kappa shape index (κ1) is 11.3. The molecule has 4 nitrogen and oxygen atoms in total. The molecule has 0 aliphatic carbocycles. The number of nitrogens with zero attached hydrogens (tertiary/aromatic N) is 1. The largest absolute Gasteiger partial charge is 0.298 e. The van der Waals surface area contributed by atoms with Crippen molar-refractivity contribution in [2.24, 2.45) is 0 Å². The summed E-state index contributed by atoms with van der Waals surface area (Å²) in [5.74, 6) is -0.171. The molecule has 0 radical (unpaired) electrons. The van der Waals surface area contributed by atoms with Crippen molar-refractivity contribution in [1.82, 2.24) is 15.8 Å². The van der Waals surface area contributed by atoms with Gasteiger partial charge in [0.15, 0.2) is 0 Å². The summed E-state index contributed by atoms with van der Waals surface area (Å²) in [7, 11) is 0. The highest BCUT2D eigenvalue weighted by Crippen LogP contribution is 2.08. The normalized spacial score (nSPS) is 9.65. The van der Waals surface area contributed by atoms with E-state index >= 15 is 0 Å². The monoisotopic (exact) mass is 245 g/mol. The van der Waals surface area contributed by atoms with Crippen LogP contribution in [-0.4, -0.2) is 10.9 Å². The molecule has 0 saturated heterocycles. The van der Waals surface area contributed by atoms with E-state index in [2.05, 4.69) is 22.4 Å². The minimum Gasteiger partial charge on any atom is -0.298 e. The molecule has 0 spiro atoms. The Labute approximate surface area is 103 Å². The molecule has 2 aromatic rings. The molecule has 2 heterocycles. The van der Waals surface area contributed by atoms with E-state index in [9.17, 15) is 4.79 Å². The fourth-order valence-electron chi connectivity index (χ4n) is 1.23. The van der Waals surface area contributed by atoms with Crippen LogP contribution in [0.1, 0.15) is 15.2 Å². The van der Waals surface area contributed by atoms with Crippen LogP contribution in [0.25, 0.3) is 5.70 Å². The third-order valence-electron chi connectivity index (χ3n) is 2.10. The molecule has 0 aliphatic heterocycles. The predicted molar refractivity (Wildman–Crippen MR) is 68.2 cm³/mol. The third kappa shape index (κ3) is 2.92. The van der Waals surface area contributed by atoms with E-state index in [0.29, 0.717) is 10.6 Å². The lowest BCUT2D eigenvalue weighted by molar-refractivity contribution is 0.0946. The van der Waals surface area contributed by atoms with E-state index in [1.165, 1.54) is 11.3 Å². The first-order chi connectivity index (χ1) is 8.27. The van der Waals surface area contributed by atoms with E-state index in [1.807, 2.05) is 23.6 Å². The summed E-state index contributed by atoms with van der Waals surface area (Å²) in [6, 6.07) is 7.22. The van der Waals surface area contributed by atoms with Crippen LogP contribution in [-0.2, 0) is 0 Å². The van der Waals surface area contributed by atoms with Crippen LogP contribution in [0.4, 0.5) is 0 Å². The zero-order valence-electron chi connectivity index (χ0n) is 9.01. The second-order valence-electron chi connectivity index (χ2n) is 3.27. The Morgan fingerprint density at radius 3 is 2.65 bits per heavy atom. The second kappa shape index (κ2) is 5.27. The highest BCUT2D eigenvalue weighted by atomic mass is 32.1. The van der Waals surface area contributed by atoms with Crippen molar-refractivity contribution in [1.29, 1.82) is 0 Å². The summed E-state index contributed by atoms with van der Waals surface area (Å²) in [4.78, 5) is 16.2. The van der Waals surface area contributed by atoms with Crippen molar-refractivity contribution in [2.75, 3.05) is 0 Å². The van der Waals surface area contributed by atoms with Crippen molar-refractivity contribution in [2.45, 2.75) is 0 Å². The third-order valence-corrected chi connectivity index (χ3v) is 2.97. The molecular formula is C12H11N3OS. The number of hydrogen-bond donors (Lipinski definition) is 2. The summed E-state index contributed by atoms with van der Waals surface area (Å²) in [6.45, 7) is 3.83. The number of rotatable bonds is 4. The Kier molecular flexibility index (Phi) is 3.52. The molecule has 2 N–H and O–H groups in total. The van der Waals surface area contributed by atoms with E-state index in [0.717, 1.165) is 5.56 Å². The molecule has 5 heteroatoms. The van der Waals surface area contributed by atoms with Gasteiger partial charge in [0.1, 0.15) is 0 Å². The summed E-state index contributed by atoms with van der Waals surface area (Å²) >= 11 is 1.39. The Morgan fingerprint density at radius 1 is 1.24 bits per heavy atom. The maximum Gasteiger partial charge on any atom is 0.279 e. The van der Waals surface area contributed by atoms with Gasteiger partial charge in [-0.2, -0.15) is 0 Å². The van der Waals surface area contributed by atoms with Crippen molar-refractivity contribution >= 4 is 22.9 Å². The highest BCUT2D eigenvalue weighted by molar-refractivity contribution is 7.12. The molecule has 0 bridgehead atoms. The van der Waals surface area contributed by atoms with Crippen LogP contribution in [0.5, 0.6) is 0 Å². The number of thiophene rings is 1. The van der Waals surface area contributed by atoms with Crippen LogP contribution in [0.2, 0.25) is 0 Å². The number of nitrogens with one attached hydrogen (secondary N) is 2. The lowest BCUT2D eigenvalue weighted by Crippen LogP contribution is -2.35. The van der Waals surface area contributed by atoms with Crippen molar-refractivity contribution in [3.63, 3.8) is 0 Å². The Hall–Kier alpha value is -2.14. The average Bonchev–Trinajstić information content (AvgIpc) is 2.90. The van der Waals surface area contributed by atoms with Crippen LogP contribution >= 0.6 is 11.3 Å². The summed E-state index contributed by atoms with van der Waals surface area (Å²) in [5, 5.41) is 1.85. The Morgan fingerprint density at radius 2 is 2.00 bits per heavy atom. The quantitative estimate of drug-likeness (QED) is 0.811. The molecule has 0 atom stereocenters. The maximum atomic E-state index is 11.6. The fourth-order valence-corrected chi connectivity index (χ4v) is 1.85. The number of hydrogen-bond acceptors (Lipinski definition) is 4. The van der Waals surface area contributed by atoms with Crippen LogP contribution in [0, 0.1) is 0 Å². The molecule has 0 fully saturated rings. The molecule has 2 rings (SSSR count). The average molecular weight is 245 g/mol. The molecule has 2 aromatic heterocycles. The lowest BCUT2D eigenvalue weighted by atomic mass is 10.2. The zero-order valence-corrected chi connectivity index (χ0v) is 9.83. The summed E-state index contributed by atoms with van der Waals surface area (Å²) in [6.07, 6.45) is 3.34. The first-order valence-corrected chi connectivity index (χ1v) is 5.84. The molecule has 0 unspecified atom stereocenters. The second-order valence-corrected chi connectivity index (χ2v) is 4.22. The van der Waals surface area contributed by atoms with Crippen LogP contribution < -0.4 is 10.9 Å².